The van der Waals surface area contributed by atoms with Crippen LogP contribution in [-0.2, 0) is 16.2 Å². The summed E-state index contributed by atoms with van der Waals surface area (Å²) in [6.07, 6.45) is 0. The molecule has 0 amide bonds. The molecule has 6 aromatic heterocycles. The number of nitrogens with zero attached hydrogens (tertiary/aromatic N) is 12. The largest absolute Gasteiger partial charge is 0.309 e. The molecule has 662 valence electrons. The standard InChI is InChI=1S/C44H30N4.2C42H30N4/c1-44(2)37-20-8-6-18-33(37)35-24-36-34-19-7-9-21-41(34)48(42(36)25-38(35)44)32-17-11-16-31(23-32)43-46-39(29-13-4-3-5-14-29)26-40(47-43)30-15-10-12-28(22-30)27-45;1-42(2)35-22-11-9-20-31(35)33-26-38-34(25-36(33)42)32-21-10-12-23-37(32)46(38)30-19-13-18-29(24-30)41-44-39(27-14-5-3-6-15-27)43-40(45-41)28-16-7-4-8-17-28;1-42(2)35-19-11-9-17-31(35)33-26-38-34(25-36(33)42)32-18-10-12-20-37(32)46(38)30-23-21-29(22-24-30)41-44-39(27-13-5-3-6-14-27)43-40(45-41)28-15-7-4-8-16-28/h3-26H,1-2H3;2*3-26H,1-2H3. The molecule has 0 bridgehead atoms. The van der Waals surface area contributed by atoms with Gasteiger partial charge < -0.3 is 13.7 Å². The van der Waals surface area contributed by atoms with E-state index in [0.29, 0.717) is 46.3 Å². The monoisotopic (exact) mass is 1790 g/mol. The average molecular weight is 1800 g/mol. The fraction of sp³-hybridized carbons (Fsp3) is 0.0703. The fourth-order valence-electron chi connectivity index (χ4n) is 21.8. The molecule has 0 N–H and O–H groups in total. The lowest BCUT2D eigenvalue weighted by atomic mass is 9.82. The zero-order valence-corrected chi connectivity index (χ0v) is 77.9. The lowest BCUT2D eigenvalue weighted by Crippen LogP contribution is -2.14. The van der Waals surface area contributed by atoms with Gasteiger partial charge in [-0.3, -0.25) is 0 Å². The Balaban J connectivity index is 0.000000111. The van der Waals surface area contributed by atoms with Gasteiger partial charge in [0.1, 0.15) is 0 Å². The van der Waals surface area contributed by atoms with Crippen molar-refractivity contribution < 1.29 is 0 Å². The summed E-state index contributed by atoms with van der Waals surface area (Å²) in [5.41, 5.74) is 37.0. The van der Waals surface area contributed by atoms with Crippen molar-refractivity contribution >= 4 is 65.4 Å². The third kappa shape index (κ3) is 14.2. The van der Waals surface area contributed by atoms with Crippen LogP contribution < -0.4 is 0 Å². The van der Waals surface area contributed by atoms with Crippen LogP contribution in [0.4, 0.5) is 0 Å². The predicted molar refractivity (Wildman–Crippen MR) is 571 cm³/mol. The minimum atomic E-state index is -0.103. The fourth-order valence-corrected chi connectivity index (χ4v) is 21.8. The molecular formula is C128H90N12. The van der Waals surface area contributed by atoms with E-state index in [-0.39, 0.29) is 16.2 Å². The molecule has 0 fully saturated rings. The lowest BCUT2D eigenvalue weighted by molar-refractivity contribution is 0.661. The maximum Gasteiger partial charge on any atom is 0.164 e. The van der Waals surface area contributed by atoms with Crippen molar-refractivity contribution in [2.75, 3.05) is 0 Å². The van der Waals surface area contributed by atoms with E-state index in [1.807, 2.05) is 170 Å². The minimum absolute atomic E-state index is 0.0489. The van der Waals surface area contributed by atoms with Crippen molar-refractivity contribution in [3.8, 4) is 159 Å². The molecule has 0 radical (unpaired) electrons. The Morgan fingerprint density at radius 2 is 0.479 bits per heavy atom. The molecule has 3 aliphatic rings. The Morgan fingerprint density at radius 3 is 0.886 bits per heavy atom. The molecule has 0 spiro atoms. The number of nitriles is 1. The van der Waals surface area contributed by atoms with Gasteiger partial charge in [0, 0.05) is 116 Å². The molecule has 0 saturated carbocycles. The second kappa shape index (κ2) is 33.5. The number of benzene rings is 18. The molecule has 0 atom stereocenters. The van der Waals surface area contributed by atoms with Crippen molar-refractivity contribution in [3.05, 3.63) is 476 Å². The van der Waals surface area contributed by atoms with Gasteiger partial charge in [0.15, 0.2) is 40.8 Å². The Morgan fingerprint density at radius 1 is 0.186 bits per heavy atom. The van der Waals surface area contributed by atoms with Crippen molar-refractivity contribution in [1.82, 2.24) is 53.6 Å². The van der Waals surface area contributed by atoms with Crippen LogP contribution in [0.15, 0.2) is 437 Å². The van der Waals surface area contributed by atoms with Crippen molar-refractivity contribution in [2.24, 2.45) is 0 Å². The first-order valence-electron chi connectivity index (χ1n) is 47.7. The van der Waals surface area contributed by atoms with Crippen LogP contribution in [0.1, 0.15) is 80.5 Å². The number of aromatic nitrogens is 11. The van der Waals surface area contributed by atoms with E-state index in [9.17, 15) is 5.26 Å². The smallest absolute Gasteiger partial charge is 0.164 e. The highest BCUT2D eigenvalue weighted by Crippen LogP contribution is 2.55. The Hall–Kier alpha value is -18.1. The van der Waals surface area contributed by atoms with E-state index < -0.39 is 0 Å². The van der Waals surface area contributed by atoms with Crippen LogP contribution in [0.5, 0.6) is 0 Å². The number of fused-ring (bicyclic) bond motifs is 18. The Kier molecular flexibility index (Phi) is 20.0. The van der Waals surface area contributed by atoms with Gasteiger partial charge >= 0.3 is 0 Å². The molecule has 6 heterocycles. The molecular weight excluding hydrogens is 1710 g/mol. The summed E-state index contributed by atoms with van der Waals surface area (Å²) in [6.45, 7) is 14.0. The van der Waals surface area contributed by atoms with Gasteiger partial charge in [-0.2, -0.15) is 5.26 Å². The normalized spacial score (nSPS) is 13.1. The first-order chi connectivity index (χ1) is 68.6. The summed E-state index contributed by atoms with van der Waals surface area (Å²) in [5, 5.41) is 17.1. The van der Waals surface area contributed by atoms with Gasteiger partial charge in [0.2, 0.25) is 0 Å². The first kappa shape index (κ1) is 83.8. The van der Waals surface area contributed by atoms with Crippen LogP contribution in [0, 0.1) is 11.3 Å². The molecule has 140 heavy (non-hydrogen) atoms. The van der Waals surface area contributed by atoms with Crippen LogP contribution in [0.3, 0.4) is 0 Å². The van der Waals surface area contributed by atoms with Crippen molar-refractivity contribution in [1.29, 1.82) is 5.26 Å². The molecule has 12 nitrogen and oxygen atoms in total. The van der Waals surface area contributed by atoms with Crippen LogP contribution >= 0.6 is 0 Å². The van der Waals surface area contributed by atoms with Crippen molar-refractivity contribution in [3.63, 3.8) is 0 Å². The number of hydrogen-bond acceptors (Lipinski definition) is 9. The van der Waals surface area contributed by atoms with Crippen LogP contribution in [0.25, 0.3) is 218 Å². The molecule has 24 aromatic rings. The summed E-state index contributed by atoms with van der Waals surface area (Å²) in [5.74, 6) is 4.56. The van der Waals surface area contributed by atoms with Crippen molar-refractivity contribution in [2.45, 2.75) is 57.8 Å². The van der Waals surface area contributed by atoms with Gasteiger partial charge in [-0.15, -0.1) is 0 Å². The van der Waals surface area contributed by atoms with Gasteiger partial charge in [-0.05, 0) is 188 Å². The van der Waals surface area contributed by atoms with Gasteiger partial charge in [-0.1, -0.05) is 357 Å². The third-order valence-electron chi connectivity index (χ3n) is 28.7. The predicted octanol–water partition coefficient (Wildman–Crippen LogP) is 31.3. The second-order valence-electron chi connectivity index (χ2n) is 38.1. The lowest BCUT2D eigenvalue weighted by Gasteiger charge is -2.21. The average Bonchev–Trinajstić information content (AvgIpc) is 1.56. The zero-order valence-electron chi connectivity index (χ0n) is 77.9. The summed E-state index contributed by atoms with van der Waals surface area (Å²) in [7, 11) is 0. The van der Waals surface area contributed by atoms with E-state index in [2.05, 4.69) is 328 Å². The maximum atomic E-state index is 9.59. The topological polar surface area (TPSA) is 142 Å². The summed E-state index contributed by atoms with van der Waals surface area (Å²) < 4.78 is 7.16. The van der Waals surface area contributed by atoms with Gasteiger partial charge in [0.05, 0.1) is 56.1 Å². The molecule has 0 unspecified atom stereocenters. The van der Waals surface area contributed by atoms with Gasteiger partial charge in [0.25, 0.3) is 0 Å². The third-order valence-corrected chi connectivity index (χ3v) is 28.7. The molecule has 27 rings (SSSR count). The van der Waals surface area contributed by atoms with E-state index in [0.717, 1.165) is 84.0 Å². The molecule has 0 saturated heterocycles. The van der Waals surface area contributed by atoms with E-state index >= 15 is 0 Å². The first-order valence-corrected chi connectivity index (χ1v) is 47.7. The maximum absolute atomic E-state index is 9.59. The molecule has 3 aliphatic carbocycles. The highest BCUT2D eigenvalue weighted by molar-refractivity contribution is 6.15. The number of para-hydroxylation sites is 3. The summed E-state index contributed by atoms with van der Waals surface area (Å²) in [4.78, 5) is 39.8. The Bertz CT molecular complexity index is 9030. The SMILES string of the molecule is CC1(C)c2ccccc2-c2cc3c(cc21)c1ccccc1n3-c1ccc(-c2nc(-c3ccccc3)nc(-c3ccccc3)n2)cc1.CC1(C)c2ccccc2-c2cc3c(cc21)c1ccccc1n3-c1cccc(-c2nc(-c3ccccc3)nc(-c3ccccc3)n2)c1.CC1(C)c2ccccc2-c2cc3c4ccccc4n(-c4cccc(-c5nc(-c6ccccc6)cc(-c6cccc(C#N)c6)n5)c4)c3cc21. The second-order valence-corrected chi connectivity index (χ2v) is 38.1. The number of rotatable bonds is 12. The minimum Gasteiger partial charge on any atom is -0.309 e. The molecule has 18 aromatic carbocycles. The van der Waals surface area contributed by atoms with E-state index in [1.165, 1.54) is 127 Å². The molecule has 0 aliphatic heterocycles. The van der Waals surface area contributed by atoms with Crippen LogP contribution in [-0.4, -0.2) is 53.6 Å². The highest BCUT2D eigenvalue weighted by atomic mass is 15.1. The summed E-state index contributed by atoms with van der Waals surface area (Å²) in [6, 6.07) is 155. The van der Waals surface area contributed by atoms with Crippen LogP contribution in [0.2, 0.25) is 0 Å². The number of hydrogen-bond donors (Lipinski definition) is 0. The summed E-state index contributed by atoms with van der Waals surface area (Å²) >= 11 is 0. The van der Waals surface area contributed by atoms with E-state index in [1.54, 1.807) is 0 Å². The Labute approximate surface area is 811 Å². The zero-order chi connectivity index (χ0) is 94.1. The molecule has 12 heteroatoms. The van der Waals surface area contributed by atoms with E-state index in [4.69, 9.17) is 39.9 Å². The highest BCUT2D eigenvalue weighted by Gasteiger charge is 2.40. The van der Waals surface area contributed by atoms with Gasteiger partial charge in [-0.25, -0.2) is 39.9 Å². The quantitative estimate of drug-likeness (QED) is 0.117.